The summed E-state index contributed by atoms with van der Waals surface area (Å²) in [5.41, 5.74) is 13.6. The van der Waals surface area contributed by atoms with E-state index < -0.39 is 0 Å². The van der Waals surface area contributed by atoms with Crippen molar-refractivity contribution in [2.24, 2.45) is 0 Å². The predicted octanol–water partition coefficient (Wildman–Crippen LogP) is 3.77. The van der Waals surface area contributed by atoms with Gasteiger partial charge in [-0.2, -0.15) is 0 Å². The smallest absolute Gasteiger partial charge is 0.271 e. The van der Waals surface area contributed by atoms with E-state index in [-0.39, 0.29) is 5.91 Å². The number of rotatable bonds is 7. The van der Waals surface area contributed by atoms with Gasteiger partial charge in [-0.25, -0.2) is 9.97 Å². The third-order valence-electron chi connectivity index (χ3n) is 4.42. The van der Waals surface area contributed by atoms with Gasteiger partial charge in [0, 0.05) is 6.54 Å². The second kappa shape index (κ2) is 9.23. The zero-order valence-corrected chi connectivity index (χ0v) is 15.7. The van der Waals surface area contributed by atoms with Gasteiger partial charge in [0.1, 0.15) is 12.0 Å². The number of hydrogen-bond acceptors (Lipinski definition) is 6. The van der Waals surface area contributed by atoms with Crippen LogP contribution in [0.3, 0.4) is 0 Å². The molecule has 0 bridgehead atoms. The molecule has 0 spiro atoms. The highest BCUT2D eigenvalue weighted by Crippen LogP contribution is 2.24. The molecule has 0 saturated carbocycles. The van der Waals surface area contributed by atoms with E-state index in [1.165, 1.54) is 37.6 Å². The molecule has 0 saturated heterocycles. The molecule has 0 aliphatic heterocycles. The highest BCUT2D eigenvalue weighted by Gasteiger charge is 2.12. The monoisotopic (exact) mass is 386 g/mol. The van der Waals surface area contributed by atoms with Crippen LogP contribution in [0.25, 0.3) is 0 Å². The van der Waals surface area contributed by atoms with Gasteiger partial charge < -0.3 is 11.1 Å². The molecule has 1 aliphatic rings. The highest BCUT2D eigenvalue weighted by atomic mass is 35.5. The molecule has 5 N–H and O–H groups in total. The first-order valence-electron chi connectivity index (χ1n) is 8.98. The van der Waals surface area contributed by atoms with Crippen molar-refractivity contribution in [2.75, 3.05) is 23.0 Å². The molecule has 1 heterocycles. The summed E-state index contributed by atoms with van der Waals surface area (Å²) >= 11 is 6.03. The Labute approximate surface area is 163 Å². The van der Waals surface area contributed by atoms with Crippen molar-refractivity contribution < 1.29 is 4.79 Å². The van der Waals surface area contributed by atoms with Crippen LogP contribution in [-0.4, -0.2) is 22.4 Å². The first kappa shape index (κ1) is 19.0. The van der Waals surface area contributed by atoms with Crippen LogP contribution in [-0.2, 0) is 0 Å². The highest BCUT2D eigenvalue weighted by molar-refractivity contribution is 6.33. The maximum atomic E-state index is 12.2. The van der Waals surface area contributed by atoms with Crippen LogP contribution in [0.4, 0.5) is 17.3 Å². The minimum atomic E-state index is -0.377. The Morgan fingerprint density at radius 1 is 1.19 bits per heavy atom. The summed E-state index contributed by atoms with van der Waals surface area (Å²) in [7, 11) is 0. The molecule has 27 heavy (non-hydrogen) atoms. The largest absolute Gasteiger partial charge is 0.393 e. The van der Waals surface area contributed by atoms with Crippen molar-refractivity contribution in [3.63, 3.8) is 0 Å². The molecule has 1 aliphatic carbocycles. The van der Waals surface area contributed by atoms with Gasteiger partial charge in [-0.05, 0) is 44.2 Å². The minimum absolute atomic E-state index is 0.324. The molecule has 7 nitrogen and oxygen atoms in total. The summed E-state index contributed by atoms with van der Waals surface area (Å²) < 4.78 is 0. The summed E-state index contributed by atoms with van der Waals surface area (Å²) in [6.07, 6.45) is 9.57. The van der Waals surface area contributed by atoms with Gasteiger partial charge in [-0.1, -0.05) is 35.4 Å². The third kappa shape index (κ3) is 5.10. The van der Waals surface area contributed by atoms with Gasteiger partial charge in [0.05, 0.1) is 10.6 Å². The number of allylic oxidation sites excluding steroid dienone is 1. The summed E-state index contributed by atoms with van der Waals surface area (Å²) in [5.74, 6) is 0.484. The number of hydrazine groups is 1. The SMILES string of the molecule is Nc1c(NCCC2=CCCCC2)ncnc1NNC(=O)c1ccccc1Cl. The minimum Gasteiger partial charge on any atom is -0.393 e. The van der Waals surface area contributed by atoms with Crippen molar-refractivity contribution in [1.82, 2.24) is 15.4 Å². The lowest BCUT2D eigenvalue weighted by Crippen LogP contribution is -2.30. The van der Waals surface area contributed by atoms with E-state index in [1.54, 1.807) is 24.3 Å². The Bertz CT molecular complexity index is 839. The maximum absolute atomic E-state index is 12.2. The lowest BCUT2D eigenvalue weighted by molar-refractivity contribution is 0.0962. The molecule has 8 heteroatoms. The molecule has 0 fully saturated rings. The fraction of sp³-hybridized carbons (Fsp3) is 0.316. The van der Waals surface area contributed by atoms with Crippen LogP contribution in [0.5, 0.6) is 0 Å². The fourth-order valence-electron chi connectivity index (χ4n) is 2.94. The second-order valence-corrected chi connectivity index (χ2v) is 6.74. The molecular weight excluding hydrogens is 364 g/mol. The van der Waals surface area contributed by atoms with Crippen molar-refractivity contribution in [3.05, 3.63) is 52.8 Å². The summed E-state index contributed by atoms with van der Waals surface area (Å²) in [5, 5.41) is 3.61. The molecule has 2 aromatic rings. The number of hydrogen-bond donors (Lipinski definition) is 4. The van der Waals surface area contributed by atoms with E-state index >= 15 is 0 Å². The van der Waals surface area contributed by atoms with Crippen LogP contribution >= 0.6 is 11.6 Å². The molecule has 1 aromatic carbocycles. The number of nitrogens with zero attached hydrogens (tertiary/aromatic N) is 2. The summed E-state index contributed by atoms with van der Waals surface area (Å²) in [6, 6.07) is 6.79. The van der Waals surface area contributed by atoms with E-state index in [0.29, 0.717) is 27.9 Å². The number of carbonyl (C=O) groups is 1. The third-order valence-corrected chi connectivity index (χ3v) is 4.75. The zero-order valence-electron chi connectivity index (χ0n) is 15.0. The van der Waals surface area contributed by atoms with Crippen LogP contribution in [0.2, 0.25) is 5.02 Å². The lowest BCUT2D eigenvalue weighted by Gasteiger charge is -2.15. The van der Waals surface area contributed by atoms with Crippen LogP contribution in [0.15, 0.2) is 42.2 Å². The van der Waals surface area contributed by atoms with Gasteiger partial charge in [0.2, 0.25) is 0 Å². The van der Waals surface area contributed by atoms with E-state index in [1.807, 2.05) is 0 Å². The summed E-state index contributed by atoms with van der Waals surface area (Å²) in [4.78, 5) is 20.5. The number of nitrogens with one attached hydrogen (secondary N) is 3. The van der Waals surface area contributed by atoms with Crippen molar-refractivity contribution in [3.8, 4) is 0 Å². The number of nitrogens with two attached hydrogens (primary N) is 1. The molecule has 0 radical (unpaired) electrons. The summed E-state index contributed by atoms with van der Waals surface area (Å²) in [6.45, 7) is 0.748. The normalized spacial score (nSPS) is 13.6. The Hall–Kier alpha value is -2.80. The zero-order chi connectivity index (χ0) is 19.1. The number of benzene rings is 1. The van der Waals surface area contributed by atoms with Crippen LogP contribution in [0.1, 0.15) is 42.5 Å². The topological polar surface area (TPSA) is 105 Å². The van der Waals surface area contributed by atoms with E-state index in [4.69, 9.17) is 17.3 Å². The molecular formula is C19H23ClN6O. The Morgan fingerprint density at radius 3 is 2.78 bits per heavy atom. The Morgan fingerprint density at radius 2 is 2.00 bits per heavy atom. The van der Waals surface area contributed by atoms with Crippen molar-refractivity contribution in [1.29, 1.82) is 0 Å². The van der Waals surface area contributed by atoms with Crippen molar-refractivity contribution >= 4 is 34.8 Å². The standard InChI is InChI=1S/C19H23ClN6O/c20-15-9-5-4-8-14(15)19(27)26-25-18-16(21)17(23-12-24-18)22-11-10-13-6-2-1-3-7-13/h4-6,8-9,12H,1-3,7,10-11,21H2,(H,26,27)(H2,22,23,24,25). The average Bonchev–Trinajstić information content (AvgIpc) is 2.69. The second-order valence-electron chi connectivity index (χ2n) is 6.33. The van der Waals surface area contributed by atoms with Gasteiger partial charge in [0.25, 0.3) is 5.91 Å². The molecule has 0 unspecified atom stereocenters. The number of nitrogen functional groups attached to an aromatic ring is 1. The number of carbonyl (C=O) groups excluding carboxylic acids is 1. The van der Waals surface area contributed by atoms with Gasteiger partial charge >= 0.3 is 0 Å². The number of amides is 1. The van der Waals surface area contributed by atoms with Gasteiger partial charge in [0.15, 0.2) is 11.6 Å². The first-order valence-corrected chi connectivity index (χ1v) is 9.36. The maximum Gasteiger partial charge on any atom is 0.271 e. The quantitative estimate of drug-likeness (QED) is 0.426. The van der Waals surface area contributed by atoms with E-state index in [0.717, 1.165) is 13.0 Å². The van der Waals surface area contributed by atoms with Crippen LogP contribution < -0.4 is 21.9 Å². The fourth-order valence-corrected chi connectivity index (χ4v) is 3.16. The lowest BCUT2D eigenvalue weighted by atomic mass is 9.97. The molecule has 0 atom stereocenters. The molecule has 3 rings (SSSR count). The molecule has 1 amide bonds. The molecule has 1 aromatic heterocycles. The number of aromatic nitrogens is 2. The predicted molar refractivity (Wildman–Crippen MR) is 109 cm³/mol. The Balaban J connectivity index is 1.57. The molecule has 142 valence electrons. The van der Waals surface area contributed by atoms with Crippen LogP contribution in [0, 0.1) is 0 Å². The number of anilines is 3. The van der Waals surface area contributed by atoms with E-state index in [2.05, 4.69) is 32.2 Å². The first-order chi connectivity index (χ1) is 13.1. The van der Waals surface area contributed by atoms with Gasteiger partial charge in [-0.3, -0.25) is 15.6 Å². The van der Waals surface area contributed by atoms with Crippen molar-refractivity contribution in [2.45, 2.75) is 32.1 Å². The number of halogens is 1. The average molecular weight is 387 g/mol. The Kier molecular flexibility index (Phi) is 6.49. The van der Waals surface area contributed by atoms with E-state index in [9.17, 15) is 4.79 Å². The van der Waals surface area contributed by atoms with Gasteiger partial charge in [-0.15, -0.1) is 0 Å².